The molecule has 1 aliphatic rings. The fourth-order valence-corrected chi connectivity index (χ4v) is 4.33. The van der Waals surface area contributed by atoms with Gasteiger partial charge >= 0.3 is 0 Å². The van der Waals surface area contributed by atoms with Gasteiger partial charge in [0.1, 0.15) is 10.8 Å². The maximum absolute atomic E-state index is 11.5. The van der Waals surface area contributed by atoms with Crippen molar-refractivity contribution in [3.63, 3.8) is 0 Å². The molecule has 5 nitrogen and oxygen atoms in total. The van der Waals surface area contributed by atoms with Gasteiger partial charge in [-0.05, 0) is 20.3 Å². The van der Waals surface area contributed by atoms with Crippen LogP contribution in [0.4, 0.5) is 5.82 Å². The highest BCUT2D eigenvalue weighted by molar-refractivity contribution is 7.91. The summed E-state index contributed by atoms with van der Waals surface area (Å²) in [4.78, 5) is 0. The molecule has 1 fully saturated rings. The van der Waals surface area contributed by atoms with E-state index in [0.29, 0.717) is 23.0 Å². The van der Waals surface area contributed by atoms with Crippen molar-refractivity contribution in [2.75, 3.05) is 17.2 Å². The highest BCUT2D eigenvalue weighted by Gasteiger charge is 2.42. The number of nitrogens with zero attached hydrogens (tertiary/aromatic N) is 2. The minimum atomic E-state index is -2.98. The highest BCUT2D eigenvalue weighted by atomic mass is 35.5. The summed E-state index contributed by atoms with van der Waals surface area (Å²) in [5.41, 5.74) is 5.89. The minimum Gasteiger partial charge on any atom is -0.383 e. The van der Waals surface area contributed by atoms with Crippen LogP contribution in [0, 0.1) is 6.92 Å². The Labute approximate surface area is 99.5 Å². The van der Waals surface area contributed by atoms with Crippen molar-refractivity contribution < 1.29 is 8.42 Å². The van der Waals surface area contributed by atoms with Gasteiger partial charge in [0, 0.05) is 0 Å². The Kier molecular flexibility index (Phi) is 2.47. The predicted octanol–water partition coefficient (Wildman–Crippen LogP) is 0.961. The van der Waals surface area contributed by atoms with Crippen LogP contribution in [0.5, 0.6) is 0 Å². The Morgan fingerprint density at radius 2 is 2.19 bits per heavy atom. The zero-order valence-corrected chi connectivity index (χ0v) is 10.8. The lowest BCUT2D eigenvalue weighted by molar-refractivity contribution is 0.333. The summed E-state index contributed by atoms with van der Waals surface area (Å²) >= 11 is 5.95. The Morgan fingerprint density at radius 3 is 2.56 bits per heavy atom. The number of rotatable bonds is 1. The number of sulfone groups is 1. The van der Waals surface area contributed by atoms with Gasteiger partial charge in [0.25, 0.3) is 0 Å². The monoisotopic (exact) mass is 263 g/mol. The number of nitrogen functional groups attached to an aromatic ring is 1. The van der Waals surface area contributed by atoms with Crippen LogP contribution in [-0.2, 0) is 15.4 Å². The Hall–Kier alpha value is -0.750. The van der Waals surface area contributed by atoms with Crippen molar-refractivity contribution in [2.24, 2.45) is 0 Å². The Balaban J connectivity index is 2.49. The largest absolute Gasteiger partial charge is 0.383 e. The maximum atomic E-state index is 11.5. The number of nitrogens with two attached hydrogens (primary N) is 1. The number of aromatic nitrogens is 2. The SMILES string of the molecule is Cc1nn(C2(C)CCS(=O)(=O)C2)c(N)c1Cl. The van der Waals surface area contributed by atoms with E-state index in [9.17, 15) is 8.42 Å². The maximum Gasteiger partial charge on any atom is 0.152 e. The number of aryl methyl sites for hydroxylation is 1. The molecule has 16 heavy (non-hydrogen) atoms. The summed E-state index contributed by atoms with van der Waals surface area (Å²) in [6, 6.07) is 0. The first-order valence-electron chi connectivity index (χ1n) is 4.97. The third-order valence-electron chi connectivity index (χ3n) is 3.01. The van der Waals surface area contributed by atoms with Crippen molar-refractivity contribution in [3.05, 3.63) is 10.7 Å². The van der Waals surface area contributed by atoms with Crippen molar-refractivity contribution in [2.45, 2.75) is 25.8 Å². The van der Waals surface area contributed by atoms with E-state index in [2.05, 4.69) is 5.10 Å². The van der Waals surface area contributed by atoms with Crippen LogP contribution in [0.25, 0.3) is 0 Å². The van der Waals surface area contributed by atoms with Gasteiger partial charge in [-0.1, -0.05) is 11.6 Å². The predicted molar refractivity (Wildman–Crippen MR) is 63.3 cm³/mol. The Bertz CT molecular complexity index is 537. The summed E-state index contributed by atoms with van der Waals surface area (Å²) < 4.78 is 24.6. The molecule has 1 aromatic rings. The number of halogens is 1. The molecule has 0 aromatic carbocycles. The second-order valence-electron chi connectivity index (χ2n) is 4.54. The van der Waals surface area contributed by atoms with Gasteiger partial charge in [-0.25, -0.2) is 13.1 Å². The van der Waals surface area contributed by atoms with Crippen LogP contribution in [0.2, 0.25) is 5.02 Å². The molecule has 1 aromatic heterocycles. The molecule has 0 radical (unpaired) electrons. The highest BCUT2D eigenvalue weighted by Crippen LogP contribution is 2.35. The molecule has 1 aliphatic heterocycles. The van der Waals surface area contributed by atoms with Crippen molar-refractivity contribution >= 4 is 27.3 Å². The average Bonchev–Trinajstić information content (AvgIpc) is 2.59. The first-order valence-corrected chi connectivity index (χ1v) is 7.17. The van der Waals surface area contributed by atoms with E-state index in [4.69, 9.17) is 17.3 Å². The Morgan fingerprint density at radius 1 is 1.56 bits per heavy atom. The topological polar surface area (TPSA) is 78.0 Å². The lowest BCUT2D eigenvalue weighted by Gasteiger charge is -2.24. The van der Waals surface area contributed by atoms with Crippen LogP contribution in [0.15, 0.2) is 0 Å². The van der Waals surface area contributed by atoms with E-state index in [1.54, 1.807) is 11.6 Å². The van der Waals surface area contributed by atoms with Gasteiger partial charge in [-0.3, -0.25) is 0 Å². The second kappa shape index (κ2) is 3.37. The molecule has 0 amide bonds. The second-order valence-corrected chi connectivity index (χ2v) is 7.10. The number of hydrogen-bond donors (Lipinski definition) is 1. The lowest BCUT2D eigenvalue weighted by Crippen LogP contribution is -2.33. The molecule has 0 bridgehead atoms. The lowest BCUT2D eigenvalue weighted by atomic mass is 10.0. The molecule has 0 saturated carbocycles. The summed E-state index contributed by atoms with van der Waals surface area (Å²) in [5.74, 6) is 0.597. The van der Waals surface area contributed by atoms with Crippen molar-refractivity contribution in [3.8, 4) is 0 Å². The normalized spacial score (nSPS) is 28.4. The van der Waals surface area contributed by atoms with E-state index in [1.165, 1.54) is 0 Å². The van der Waals surface area contributed by atoms with Crippen LogP contribution in [0.3, 0.4) is 0 Å². The number of anilines is 1. The van der Waals surface area contributed by atoms with Crippen LogP contribution >= 0.6 is 11.6 Å². The minimum absolute atomic E-state index is 0.0711. The zero-order chi connectivity index (χ0) is 12.1. The summed E-state index contributed by atoms with van der Waals surface area (Å²) in [6.45, 7) is 3.60. The molecule has 1 saturated heterocycles. The van der Waals surface area contributed by atoms with Gasteiger partial charge in [0.05, 0.1) is 22.7 Å². The van der Waals surface area contributed by atoms with Gasteiger partial charge in [-0.15, -0.1) is 0 Å². The molecule has 7 heteroatoms. The summed E-state index contributed by atoms with van der Waals surface area (Å²) in [7, 11) is -2.98. The smallest absolute Gasteiger partial charge is 0.152 e. The van der Waals surface area contributed by atoms with Gasteiger partial charge in [0.15, 0.2) is 9.84 Å². The first kappa shape index (κ1) is 11.7. The summed E-state index contributed by atoms with van der Waals surface area (Å²) in [5, 5.41) is 4.63. The molecule has 0 spiro atoms. The molecule has 1 unspecified atom stereocenters. The molecular weight excluding hydrogens is 250 g/mol. The van der Waals surface area contributed by atoms with E-state index >= 15 is 0 Å². The van der Waals surface area contributed by atoms with Gasteiger partial charge in [-0.2, -0.15) is 5.10 Å². The van der Waals surface area contributed by atoms with Gasteiger partial charge in [0.2, 0.25) is 0 Å². The fraction of sp³-hybridized carbons (Fsp3) is 0.667. The van der Waals surface area contributed by atoms with Crippen LogP contribution < -0.4 is 5.73 Å². The van der Waals surface area contributed by atoms with Gasteiger partial charge < -0.3 is 5.73 Å². The molecule has 1 atom stereocenters. The quantitative estimate of drug-likeness (QED) is 0.819. The molecule has 2 rings (SSSR count). The van der Waals surface area contributed by atoms with Crippen molar-refractivity contribution in [1.82, 2.24) is 9.78 Å². The van der Waals surface area contributed by atoms with Crippen LogP contribution in [-0.4, -0.2) is 29.7 Å². The van der Waals surface area contributed by atoms with Crippen LogP contribution in [0.1, 0.15) is 19.0 Å². The first-order chi connectivity index (χ1) is 7.25. The average molecular weight is 264 g/mol. The standard InChI is InChI=1S/C9H14ClN3O2S/c1-6-7(10)8(11)13(12-6)9(2)3-4-16(14,15)5-9/h3-5,11H2,1-2H3. The van der Waals surface area contributed by atoms with E-state index in [-0.39, 0.29) is 11.5 Å². The molecule has 2 N–H and O–H groups in total. The fourth-order valence-electron chi connectivity index (χ4n) is 2.10. The summed E-state index contributed by atoms with van der Waals surface area (Å²) in [6.07, 6.45) is 0.525. The van der Waals surface area contributed by atoms with E-state index in [0.717, 1.165) is 0 Å². The molecule has 0 aliphatic carbocycles. The van der Waals surface area contributed by atoms with E-state index < -0.39 is 15.4 Å². The molecule has 2 heterocycles. The number of hydrogen-bond acceptors (Lipinski definition) is 4. The third kappa shape index (κ3) is 1.69. The van der Waals surface area contributed by atoms with E-state index in [1.807, 2.05) is 6.92 Å². The zero-order valence-electron chi connectivity index (χ0n) is 9.20. The molecule has 90 valence electrons. The third-order valence-corrected chi connectivity index (χ3v) is 5.37. The van der Waals surface area contributed by atoms with Crippen molar-refractivity contribution in [1.29, 1.82) is 0 Å². The molecular formula is C9H14ClN3O2S.